The minimum absolute atomic E-state index is 0.0412. The lowest BCUT2D eigenvalue weighted by molar-refractivity contribution is -0.142. The van der Waals surface area contributed by atoms with Crippen LogP contribution in [0.3, 0.4) is 0 Å². The molecule has 0 unspecified atom stereocenters. The summed E-state index contributed by atoms with van der Waals surface area (Å²) in [6.45, 7) is 0.866. The number of amides is 2. The van der Waals surface area contributed by atoms with Crippen LogP contribution in [0.1, 0.15) is 62.0 Å². The Hall–Kier alpha value is -2.76. The molecule has 33 heavy (non-hydrogen) atoms. The molecular weight excluding hydrogens is 422 g/mol. The third-order valence-corrected chi connectivity index (χ3v) is 8.37. The largest absolute Gasteiger partial charge is 0.339 e. The Morgan fingerprint density at radius 3 is 2.36 bits per heavy atom. The molecule has 2 amide bonds. The van der Waals surface area contributed by atoms with Crippen molar-refractivity contribution in [1.29, 1.82) is 0 Å². The molecule has 2 saturated heterocycles. The molecule has 2 aliphatic heterocycles. The van der Waals surface area contributed by atoms with Gasteiger partial charge in [0, 0.05) is 38.0 Å². The summed E-state index contributed by atoms with van der Waals surface area (Å²) in [6, 6.07) is 13.1. The first-order valence-corrected chi connectivity index (χ1v) is 11.9. The zero-order valence-electron chi connectivity index (χ0n) is 19.0. The second-order valence-electron chi connectivity index (χ2n) is 9.97. The Bertz CT molecular complexity index is 1060. The second kappa shape index (κ2) is 8.23. The summed E-state index contributed by atoms with van der Waals surface area (Å²) in [5.41, 5.74) is 0.0266. The van der Waals surface area contributed by atoms with Crippen molar-refractivity contribution in [2.45, 2.75) is 61.8 Å². The van der Waals surface area contributed by atoms with Gasteiger partial charge in [-0.25, -0.2) is 8.78 Å². The monoisotopic (exact) mass is 452 g/mol. The van der Waals surface area contributed by atoms with Gasteiger partial charge in [0.2, 0.25) is 11.8 Å². The van der Waals surface area contributed by atoms with E-state index in [-0.39, 0.29) is 29.4 Å². The lowest BCUT2D eigenvalue weighted by Gasteiger charge is -2.46. The van der Waals surface area contributed by atoms with Gasteiger partial charge in [-0.3, -0.25) is 9.59 Å². The quantitative estimate of drug-likeness (QED) is 0.672. The van der Waals surface area contributed by atoms with Gasteiger partial charge in [0.05, 0.1) is 11.0 Å². The van der Waals surface area contributed by atoms with E-state index in [1.165, 1.54) is 18.2 Å². The number of likely N-dealkylation sites (N-methyl/N-ethyl adjacent to an activating group) is 1. The summed E-state index contributed by atoms with van der Waals surface area (Å²) < 4.78 is 28.6. The van der Waals surface area contributed by atoms with Gasteiger partial charge in [-0.2, -0.15) is 0 Å². The molecule has 2 atom stereocenters. The van der Waals surface area contributed by atoms with E-state index in [0.29, 0.717) is 37.9 Å². The van der Waals surface area contributed by atoms with E-state index in [1.54, 1.807) is 30.3 Å². The highest BCUT2D eigenvalue weighted by molar-refractivity contribution is 5.89. The Kier molecular flexibility index (Phi) is 5.50. The molecule has 3 fully saturated rings. The van der Waals surface area contributed by atoms with Gasteiger partial charge in [0.25, 0.3) is 0 Å². The molecule has 3 aliphatic rings. The lowest BCUT2D eigenvalue weighted by Crippen LogP contribution is -2.57. The van der Waals surface area contributed by atoms with Crippen LogP contribution >= 0.6 is 0 Å². The van der Waals surface area contributed by atoms with Crippen molar-refractivity contribution in [2.24, 2.45) is 0 Å². The van der Waals surface area contributed by atoms with E-state index in [4.69, 9.17) is 0 Å². The van der Waals surface area contributed by atoms with Crippen LogP contribution in [-0.2, 0) is 15.0 Å². The van der Waals surface area contributed by atoms with Crippen LogP contribution in [0.5, 0.6) is 0 Å². The molecular formula is C27H30F2N2O2. The van der Waals surface area contributed by atoms with Gasteiger partial charge >= 0.3 is 0 Å². The van der Waals surface area contributed by atoms with E-state index in [1.807, 2.05) is 16.8 Å². The zero-order valence-corrected chi connectivity index (χ0v) is 19.0. The average molecular weight is 453 g/mol. The summed E-state index contributed by atoms with van der Waals surface area (Å²) in [6.07, 6.45) is 5.09. The van der Waals surface area contributed by atoms with Crippen LogP contribution in [0.2, 0.25) is 0 Å². The molecule has 5 rings (SSSR count). The van der Waals surface area contributed by atoms with Crippen LogP contribution < -0.4 is 0 Å². The van der Waals surface area contributed by atoms with Crippen LogP contribution in [0, 0.1) is 11.6 Å². The highest BCUT2D eigenvalue weighted by Crippen LogP contribution is 2.49. The number of hydrogen-bond acceptors (Lipinski definition) is 2. The van der Waals surface area contributed by atoms with Crippen LogP contribution in [0.25, 0.3) is 0 Å². The molecule has 0 radical (unpaired) electrons. The molecule has 2 aromatic carbocycles. The summed E-state index contributed by atoms with van der Waals surface area (Å²) in [5, 5.41) is 0. The molecule has 2 aromatic rings. The number of likely N-dealkylation sites (tertiary alicyclic amines) is 2. The van der Waals surface area contributed by atoms with Crippen LogP contribution in [0.4, 0.5) is 8.78 Å². The van der Waals surface area contributed by atoms with Gasteiger partial charge in [-0.05, 0) is 49.4 Å². The van der Waals surface area contributed by atoms with E-state index in [9.17, 15) is 18.4 Å². The number of carbonyl (C=O) groups is 2. The van der Waals surface area contributed by atoms with E-state index >= 15 is 0 Å². The van der Waals surface area contributed by atoms with E-state index < -0.39 is 11.0 Å². The lowest BCUT2D eigenvalue weighted by atomic mass is 9.75. The first-order valence-electron chi connectivity index (χ1n) is 11.9. The fourth-order valence-corrected chi connectivity index (χ4v) is 6.61. The predicted molar refractivity (Wildman–Crippen MR) is 122 cm³/mol. The standard InChI is InChI=1S/C27H30F2N2O2/c1-30-24(32)9-6-16-27(30)18-31(17-22(27)19-10-12-20(28)13-11-19)25(33)26(14-4-5-15-26)21-7-2-3-8-23(21)29/h2-3,7-8,10-13,22H,4-6,9,14-18H2,1H3/t22-,27+/m0/s1. The van der Waals surface area contributed by atoms with Crippen molar-refractivity contribution in [3.05, 3.63) is 71.3 Å². The third-order valence-electron chi connectivity index (χ3n) is 8.37. The second-order valence-corrected chi connectivity index (χ2v) is 9.97. The maximum absolute atomic E-state index is 14.9. The number of hydrogen-bond donors (Lipinski definition) is 0. The molecule has 174 valence electrons. The summed E-state index contributed by atoms with van der Waals surface area (Å²) in [7, 11) is 1.83. The van der Waals surface area contributed by atoms with Crippen LogP contribution in [-0.4, -0.2) is 47.3 Å². The van der Waals surface area contributed by atoms with Crippen molar-refractivity contribution in [3.8, 4) is 0 Å². The highest BCUT2D eigenvalue weighted by atomic mass is 19.1. The molecule has 0 aromatic heterocycles. The first-order chi connectivity index (χ1) is 15.9. The molecule has 4 nitrogen and oxygen atoms in total. The Morgan fingerprint density at radius 2 is 1.67 bits per heavy atom. The number of carbonyl (C=O) groups excluding carboxylic acids is 2. The zero-order chi connectivity index (χ0) is 23.2. The number of benzene rings is 2. The highest BCUT2D eigenvalue weighted by Gasteiger charge is 2.56. The minimum Gasteiger partial charge on any atom is -0.339 e. The average Bonchev–Trinajstić information content (AvgIpc) is 3.45. The Morgan fingerprint density at radius 1 is 0.970 bits per heavy atom. The molecule has 0 N–H and O–H groups in total. The van der Waals surface area contributed by atoms with E-state index in [2.05, 4.69) is 0 Å². The van der Waals surface area contributed by atoms with Gasteiger partial charge in [0.1, 0.15) is 11.6 Å². The summed E-state index contributed by atoms with van der Waals surface area (Å²) >= 11 is 0. The number of nitrogens with zero attached hydrogens (tertiary/aromatic N) is 2. The van der Waals surface area contributed by atoms with Gasteiger partial charge in [0.15, 0.2) is 0 Å². The molecule has 6 heteroatoms. The maximum Gasteiger partial charge on any atom is 0.233 e. The number of halogens is 2. The van der Waals surface area contributed by atoms with Gasteiger partial charge in [-0.1, -0.05) is 43.2 Å². The summed E-state index contributed by atoms with van der Waals surface area (Å²) in [4.78, 5) is 30.6. The predicted octanol–water partition coefficient (Wildman–Crippen LogP) is 4.78. The SMILES string of the molecule is CN1C(=O)CCC[C@]12CN(C(=O)C1(c3ccccc3F)CCCC1)C[C@H]2c1ccc(F)cc1. The van der Waals surface area contributed by atoms with Crippen molar-refractivity contribution < 1.29 is 18.4 Å². The van der Waals surface area contributed by atoms with E-state index in [0.717, 1.165) is 31.2 Å². The fraction of sp³-hybridized carbons (Fsp3) is 0.481. The van der Waals surface area contributed by atoms with Crippen molar-refractivity contribution in [2.75, 3.05) is 20.1 Å². The number of piperidine rings is 1. The molecule has 2 heterocycles. The van der Waals surface area contributed by atoms with Gasteiger partial charge in [-0.15, -0.1) is 0 Å². The fourth-order valence-electron chi connectivity index (χ4n) is 6.61. The maximum atomic E-state index is 14.9. The normalized spacial score (nSPS) is 26.9. The molecule has 1 aliphatic carbocycles. The first kappa shape index (κ1) is 22.1. The van der Waals surface area contributed by atoms with Crippen molar-refractivity contribution in [3.63, 3.8) is 0 Å². The minimum atomic E-state index is -0.860. The van der Waals surface area contributed by atoms with Crippen molar-refractivity contribution >= 4 is 11.8 Å². The molecule has 0 bridgehead atoms. The molecule has 1 saturated carbocycles. The smallest absolute Gasteiger partial charge is 0.233 e. The number of rotatable bonds is 3. The third kappa shape index (κ3) is 3.46. The van der Waals surface area contributed by atoms with Crippen LogP contribution in [0.15, 0.2) is 48.5 Å². The van der Waals surface area contributed by atoms with Crippen molar-refractivity contribution in [1.82, 2.24) is 9.80 Å². The Labute approximate surface area is 193 Å². The van der Waals surface area contributed by atoms with Gasteiger partial charge < -0.3 is 9.80 Å². The molecule has 1 spiro atoms. The topological polar surface area (TPSA) is 40.6 Å². The summed E-state index contributed by atoms with van der Waals surface area (Å²) in [5.74, 6) is -0.721. The Balaban J connectivity index is 1.55.